The largest absolute Gasteiger partial charge is 0.383 e. The van der Waals surface area contributed by atoms with Crippen molar-refractivity contribution in [2.45, 2.75) is 25.3 Å². The third-order valence-corrected chi connectivity index (χ3v) is 7.18. The molecule has 0 spiro atoms. The molecule has 2 N–H and O–H groups in total. The first kappa shape index (κ1) is 23.3. The predicted molar refractivity (Wildman–Crippen MR) is 136 cm³/mol. The van der Waals surface area contributed by atoms with Crippen LogP contribution in [0.25, 0.3) is 32.5 Å². The second kappa shape index (κ2) is 10.9. The second-order valence-corrected chi connectivity index (χ2v) is 9.41. The summed E-state index contributed by atoms with van der Waals surface area (Å²) in [6.07, 6.45) is 5.93. The van der Waals surface area contributed by atoms with Gasteiger partial charge in [-0.15, -0.1) is 21.5 Å². The maximum atomic E-state index is 12.6. The lowest BCUT2D eigenvalue weighted by atomic mass is 10.1. The lowest BCUT2D eigenvalue weighted by Gasteiger charge is -2.23. The van der Waals surface area contributed by atoms with E-state index in [0.717, 1.165) is 46.1 Å². The van der Waals surface area contributed by atoms with Crippen LogP contribution in [0, 0.1) is 0 Å². The Balaban J connectivity index is 1.32. The summed E-state index contributed by atoms with van der Waals surface area (Å²) in [4.78, 5) is 28.2. The van der Waals surface area contributed by atoms with Crippen molar-refractivity contribution in [3.63, 3.8) is 0 Å². The Bertz CT molecular complexity index is 1260. The number of aromatic amines is 1. The smallest absolute Gasteiger partial charge is 0.226 e. The molecule has 10 heteroatoms. The molecular formula is C25H27N7O2S. The van der Waals surface area contributed by atoms with Crippen LogP contribution in [0.15, 0.2) is 55.0 Å². The molecule has 4 heterocycles. The van der Waals surface area contributed by atoms with Crippen molar-refractivity contribution in [2.24, 2.45) is 0 Å². The molecule has 1 atom stereocenters. The van der Waals surface area contributed by atoms with Crippen molar-refractivity contribution in [3.8, 4) is 32.5 Å². The van der Waals surface area contributed by atoms with Crippen LogP contribution in [-0.4, -0.2) is 68.8 Å². The lowest BCUT2D eigenvalue weighted by molar-refractivity contribution is -0.116. The number of thiazole rings is 1. The Morgan fingerprint density at radius 2 is 2.14 bits per heavy atom. The van der Waals surface area contributed by atoms with Gasteiger partial charge in [0, 0.05) is 43.4 Å². The van der Waals surface area contributed by atoms with Gasteiger partial charge in [-0.3, -0.25) is 9.69 Å². The van der Waals surface area contributed by atoms with E-state index in [-0.39, 0.29) is 5.91 Å². The normalized spacial score (nSPS) is 16.0. The zero-order valence-corrected chi connectivity index (χ0v) is 20.3. The zero-order valence-electron chi connectivity index (χ0n) is 19.5. The van der Waals surface area contributed by atoms with E-state index in [4.69, 9.17) is 9.72 Å². The van der Waals surface area contributed by atoms with E-state index in [9.17, 15) is 4.79 Å². The summed E-state index contributed by atoms with van der Waals surface area (Å²) in [6, 6.07) is 14.1. The molecule has 0 bridgehead atoms. The number of benzene rings is 1. The monoisotopic (exact) mass is 489 g/mol. The van der Waals surface area contributed by atoms with Gasteiger partial charge in [0.2, 0.25) is 5.91 Å². The molecule has 1 aromatic carbocycles. The highest BCUT2D eigenvalue weighted by Crippen LogP contribution is 2.39. The van der Waals surface area contributed by atoms with E-state index in [1.807, 2.05) is 42.5 Å². The minimum atomic E-state index is -0.0517. The Morgan fingerprint density at radius 3 is 2.94 bits per heavy atom. The number of carbonyl (C=O) groups is 1. The van der Waals surface area contributed by atoms with Gasteiger partial charge < -0.3 is 15.0 Å². The SMILES string of the molecule is COC[C@@H]1CCCN1CCC(=O)Nc1cc(-c2nc(-c3ccccc3)c(-c3nnc[nH]3)s2)ccn1. The van der Waals surface area contributed by atoms with Crippen LogP contribution in [0.2, 0.25) is 0 Å². The summed E-state index contributed by atoms with van der Waals surface area (Å²) in [6.45, 7) is 2.43. The molecule has 0 radical (unpaired) electrons. The molecule has 180 valence electrons. The van der Waals surface area contributed by atoms with Gasteiger partial charge in [0.1, 0.15) is 22.0 Å². The lowest BCUT2D eigenvalue weighted by Crippen LogP contribution is -2.35. The fourth-order valence-electron chi connectivity index (χ4n) is 4.37. The van der Waals surface area contributed by atoms with Gasteiger partial charge in [-0.1, -0.05) is 30.3 Å². The van der Waals surface area contributed by atoms with E-state index in [1.165, 1.54) is 11.3 Å². The van der Waals surface area contributed by atoms with E-state index in [1.54, 1.807) is 19.6 Å². The molecule has 9 nitrogen and oxygen atoms in total. The maximum absolute atomic E-state index is 12.6. The first-order valence-corrected chi connectivity index (χ1v) is 12.4. The van der Waals surface area contributed by atoms with Crippen molar-refractivity contribution in [1.29, 1.82) is 0 Å². The first-order valence-electron chi connectivity index (χ1n) is 11.6. The van der Waals surface area contributed by atoms with E-state index < -0.39 is 0 Å². The predicted octanol–water partition coefficient (Wildman–Crippen LogP) is 4.10. The number of pyridine rings is 1. The molecule has 1 aliphatic heterocycles. The number of H-pyrrole nitrogens is 1. The summed E-state index contributed by atoms with van der Waals surface area (Å²) in [5, 5.41) is 11.9. The molecule has 4 aromatic rings. The molecule has 5 rings (SSSR count). The van der Waals surface area contributed by atoms with Gasteiger partial charge in [0.15, 0.2) is 5.82 Å². The summed E-state index contributed by atoms with van der Waals surface area (Å²) in [7, 11) is 1.72. The zero-order chi connectivity index (χ0) is 24.0. The Hall–Kier alpha value is -3.47. The number of likely N-dealkylation sites (tertiary alicyclic amines) is 1. The molecule has 1 saturated heterocycles. The van der Waals surface area contributed by atoms with Crippen LogP contribution in [0.1, 0.15) is 19.3 Å². The summed E-state index contributed by atoms with van der Waals surface area (Å²) < 4.78 is 5.31. The Kier molecular flexibility index (Phi) is 7.22. The number of anilines is 1. The first-order chi connectivity index (χ1) is 17.2. The summed E-state index contributed by atoms with van der Waals surface area (Å²) >= 11 is 1.52. The van der Waals surface area contributed by atoms with E-state index >= 15 is 0 Å². The number of hydrogen-bond donors (Lipinski definition) is 2. The quantitative estimate of drug-likeness (QED) is 0.364. The number of ether oxygens (including phenoxy) is 1. The minimum Gasteiger partial charge on any atom is -0.383 e. The van der Waals surface area contributed by atoms with Gasteiger partial charge in [-0.05, 0) is 31.5 Å². The molecule has 1 fully saturated rings. The number of nitrogens with one attached hydrogen (secondary N) is 2. The number of methoxy groups -OCH3 is 1. The standard InChI is InChI=1S/C25H27N7O2S/c1-34-15-19-8-5-12-32(19)13-10-21(33)29-20-14-18(9-11-26-20)25-30-22(17-6-3-2-4-7-17)23(35-25)24-27-16-28-31-24/h2-4,6-7,9,11,14,16,19H,5,8,10,12-13,15H2,1H3,(H,26,29,33)(H,27,28,31)/t19-/m0/s1. The third kappa shape index (κ3) is 5.45. The molecule has 1 aliphatic rings. The van der Waals surface area contributed by atoms with Gasteiger partial charge in [-0.2, -0.15) is 0 Å². The Labute approximate surface area is 207 Å². The average molecular weight is 490 g/mol. The van der Waals surface area contributed by atoms with Crippen LogP contribution in [-0.2, 0) is 9.53 Å². The van der Waals surface area contributed by atoms with Crippen LogP contribution in [0.5, 0.6) is 0 Å². The number of rotatable bonds is 9. The molecular weight excluding hydrogens is 462 g/mol. The summed E-state index contributed by atoms with van der Waals surface area (Å²) in [5.41, 5.74) is 2.71. The molecule has 1 amide bonds. The average Bonchev–Trinajstić information content (AvgIpc) is 3.65. The number of hydrogen-bond acceptors (Lipinski definition) is 8. The number of nitrogens with zero attached hydrogens (tertiary/aromatic N) is 5. The molecule has 0 unspecified atom stereocenters. The molecule has 35 heavy (non-hydrogen) atoms. The number of aromatic nitrogens is 5. The van der Waals surface area contributed by atoms with Crippen LogP contribution >= 0.6 is 11.3 Å². The maximum Gasteiger partial charge on any atom is 0.226 e. The summed E-state index contributed by atoms with van der Waals surface area (Å²) in [5.74, 6) is 1.13. The van der Waals surface area contributed by atoms with Crippen molar-refractivity contribution >= 4 is 23.1 Å². The van der Waals surface area contributed by atoms with Gasteiger partial charge in [0.25, 0.3) is 0 Å². The highest BCUT2D eigenvalue weighted by Gasteiger charge is 2.24. The van der Waals surface area contributed by atoms with Gasteiger partial charge in [0.05, 0.1) is 12.3 Å². The van der Waals surface area contributed by atoms with E-state index in [2.05, 4.69) is 30.4 Å². The molecule has 3 aromatic heterocycles. The van der Waals surface area contributed by atoms with Crippen molar-refractivity contribution in [1.82, 2.24) is 30.0 Å². The second-order valence-electron chi connectivity index (χ2n) is 8.42. The van der Waals surface area contributed by atoms with Gasteiger partial charge >= 0.3 is 0 Å². The third-order valence-electron chi connectivity index (χ3n) is 6.06. The fourth-order valence-corrected chi connectivity index (χ4v) is 5.40. The highest BCUT2D eigenvalue weighted by atomic mass is 32.1. The van der Waals surface area contributed by atoms with E-state index in [0.29, 0.717) is 37.3 Å². The topological polar surface area (TPSA) is 109 Å². The number of carbonyl (C=O) groups excluding carboxylic acids is 1. The fraction of sp³-hybridized carbons (Fsp3) is 0.320. The van der Waals surface area contributed by atoms with Crippen LogP contribution in [0.3, 0.4) is 0 Å². The van der Waals surface area contributed by atoms with Crippen molar-refractivity contribution in [2.75, 3.05) is 32.1 Å². The van der Waals surface area contributed by atoms with Crippen LogP contribution < -0.4 is 5.32 Å². The van der Waals surface area contributed by atoms with Crippen molar-refractivity contribution in [3.05, 3.63) is 55.0 Å². The van der Waals surface area contributed by atoms with Crippen molar-refractivity contribution < 1.29 is 9.53 Å². The Morgan fingerprint density at radius 1 is 1.26 bits per heavy atom. The molecule has 0 saturated carbocycles. The van der Waals surface area contributed by atoms with Gasteiger partial charge in [-0.25, -0.2) is 9.97 Å². The van der Waals surface area contributed by atoms with Crippen LogP contribution in [0.4, 0.5) is 5.82 Å². The molecule has 0 aliphatic carbocycles. The highest BCUT2D eigenvalue weighted by molar-refractivity contribution is 7.18. The number of amides is 1. The minimum absolute atomic E-state index is 0.0517.